The van der Waals surface area contributed by atoms with E-state index in [0.29, 0.717) is 19.6 Å². The Morgan fingerprint density at radius 2 is 1.80 bits per heavy atom. The summed E-state index contributed by atoms with van der Waals surface area (Å²) in [6.45, 7) is 0.934. The molecule has 1 heterocycles. The zero-order valence-electron chi connectivity index (χ0n) is 11.9. The van der Waals surface area contributed by atoms with Gasteiger partial charge in [0.2, 0.25) is 5.91 Å². The van der Waals surface area contributed by atoms with Crippen LogP contribution in [0.25, 0.3) is 0 Å². The van der Waals surface area contributed by atoms with Crippen molar-refractivity contribution in [1.82, 2.24) is 10.6 Å². The van der Waals surface area contributed by atoms with Gasteiger partial charge in [-0.15, -0.1) is 0 Å². The number of carbonyl (C=O) groups excluding carboxylic acids is 1. The van der Waals surface area contributed by atoms with E-state index in [1.165, 1.54) is 0 Å². The van der Waals surface area contributed by atoms with Crippen molar-refractivity contribution >= 4 is 11.9 Å². The lowest BCUT2D eigenvalue weighted by atomic mass is 9.93. The topological polar surface area (TPSA) is 87.7 Å². The smallest absolute Gasteiger partial charge is 0.308 e. The highest BCUT2D eigenvalue weighted by molar-refractivity contribution is 5.81. The average Bonchev–Trinajstić information content (AvgIpc) is 2.78. The Morgan fingerprint density at radius 3 is 2.50 bits per heavy atom. The minimum Gasteiger partial charge on any atom is -0.481 e. The zero-order chi connectivity index (χ0) is 14.5. The number of rotatable bonds is 4. The van der Waals surface area contributed by atoms with E-state index in [-0.39, 0.29) is 23.9 Å². The van der Waals surface area contributed by atoms with Crippen LogP contribution in [0.1, 0.15) is 32.1 Å². The molecule has 4 atom stereocenters. The molecule has 1 aliphatic heterocycles. The van der Waals surface area contributed by atoms with Gasteiger partial charge in [-0.05, 0) is 19.9 Å². The van der Waals surface area contributed by atoms with Crippen molar-refractivity contribution in [3.63, 3.8) is 0 Å². The molecule has 4 unspecified atom stereocenters. The summed E-state index contributed by atoms with van der Waals surface area (Å²) in [7, 11) is 1.81. The summed E-state index contributed by atoms with van der Waals surface area (Å²) in [6, 6.07) is -0.232. The fourth-order valence-corrected chi connectivity index (χ4v) is 3.16. The molecular weight excluding hydrogens is 260 g/mol. The fourth-order valence-electron chi connectivity index (χ4n) is 3.16. The molecule has 20 heavy (non-hydrogen) atoms. The number of amides is 1. The maximum Gasteiger partial charge on any atom is 0.308 e. The molecule has 3 N–H and O–H groups in total. The summed E-state index contributed by atoms with van der Waals surface area (Å²) in [6.07, 6.45) is 4.35. The molecule has 6 nitrogen and oxygen atoms in total. The van der Waals surface area contributed by atoms with Crippen molar-refractivity contribution in [3.8, 4) is 0 Å². The van der Waals surface area contributed by atoms with Gasteiger partial charge in [-0.1, -0.05) is 19.3 Å². The van der Waals surface area contributed by atoms with Gasteiger partial charge in [-0.25, -0.2) is 0 Å². The van der Waals surface area contributed by atoms with Crippen molar-refractivity contribution < 1.29 is 19.4 Å². The van der Waals surface area contributed by atoms with E-state index >= 15 is 0 Å². The first kappa shape index (κ1) is 15.3. The van der Waals surface area contributed by atoms with Gasteiger partial charge in [0.1, 0.15) is 0 Å². The number of carbonyl (C=O) groups is 2. The van der Waals surface area contributed by atoms with Crippen molar-refractivity contribution in [2.75, 3.05) is 20.3 Å². The van der Waals surface area contributed by atoms with Crippen molar-refractivity contribution in [1.29, 1.82) is 0 Å². The third-order valence-corrected chi connectivity index (χ3v) is 4.45. The normalized spacial score (nSPS) is 34.5. The summed E-state index contributed by atoms with van der Waals surface area (Å²) >= 11 is 0. The molecule has 0 spiro atoms. The third kappa shape index (κ3) is 3.49. The van der Waals surface area contributed by atoms with E-state index < -0.39 is 11.9 Å². The molecule has 0 bridgehead atoms. The summed E-state index contributed by atoms with van der Waals surface area (Å²) in [5, 5.41) is 15.4. The third-order valence-electron chi connectivity index (χ3n) is 4.45. The van der Waals surface area contributed by atoms with E-state index in [1.54, 1.807) is 0 Å². The molecule has 1 amide bonds. The quantitative estimate of drug-likeness (QED) is 0.649. The highest BCUT2D eigenvalue weighted by Gasteiger charge is 2.36. The molecular formula is C14H24N2O4. The zero-order valence-corrected chi connectivity index (χ0v) is 11.9. The Hall–Kier alpha value is -1.14. The first-order valence-corrected chi connectivity index (χ1v) is 7.41. The van der Waals surface area contributed by atoms with Crippen molar-refractivity contribution in [2.45, 2.75) is 44.2 Å². The maximum atomic E-state index is 12.3. The van der Waals surface area contributed by atoms with Crippen LogP contribution in [0.4, 0.5) is 0 Å². The lowest BCUT2D eigenvalue weighted by Crippen LogP contribution is -2.49. The Morgan fingerprint density at radius 1 is 1.05 bits per heavy atom. The molecule has 2 rings (SSSR count). The molecule has 0 aromatic carbocycles. The van der Waals surface area contributed by atoms with Gasteiger partial charge < -0.3 is 20.5 Å². The average molecular weight is 284 g/mol. The number of hydrogen-bond acceptors (Lipinski definition) is 4. The molecule has 1 saturated heterocycles. The van der Waals surface area contributed by atoms with Gasteiger partial charge >= 0.3 is 5.97 Å². The predicted octanol–water partition coefficient (Wildman–Crippen LogP) is 0.370. The number of carboxylic acid groups (broad SMARTS) is 1. The Bertz CT molecular complexity index is 361. The lowest BCUT2D eigenvalue weighted by molar-refractivity contribution is -0.143. The second-order valence-corrected chi connectivity index (χ2v) is 5.74. The first-order chi connectivity index (χ1) is 9.63. The molecule has 0 radical (unpaired) electrons. The Kier molecular flexibility index (Phi) is 5.37. The van der Waals surface area contributed by atoms with E-state index in [0.717, 1.165) is 25.7 Å². The molecule has 0 aromatic heterocycles. The second kappa shape index (κ2) is 7.04. The molecule has 6 heteroatoms. The van der Waals surface area contributed by atoms with Crippen LogP contribution in [0.15, 0.2) is 0 Å². The molecule has 2 fully saturated rings. The molecule has 1 saturated carbocycles. The van der Waals surface area contributed by atoms with Crippen molar-refractivity contribution in [3.05, 3.63) is 0 Å². The minimum absolute atomic E-state index is 0.0176. The van der Waals surface area contributed by atoms with Crippen LogP contribution in [0.2, 0.25) is 0 Å². The van der Waals surface area contributed by atoms with Gasteiger partial charge in [0, 0.05) is 12.1 Å². The number of aliphatic carboxylic acids is 1. The van der Waals surface area contributed by atoms with Crippen LogP contribution in [0.5, 0.6) is 0 Å². The first-order valence-electron chi connectivity index (χ1n) is 7.41. The number of hydrogen-bond donors (Lipinski definition) is 3. The number of ether oxygens (including phenoxy) is 1. The highest BCUT2D eigenvalue weighted by Crippen LogP contribution is 2.24. The Balaban J connectivity index is 1.98. The monoisotopic (exact) mass is 284 g/mol. The van der Waals surface area contributed by atoms with Crippen LogP contribution >= 0.6 is 0 Å². The van der Waals surface area contributed by atoms with Crippen LogP contribution in [0, 0.1) is 11.8 Å². The maximum absolute atomic E-state index is 12.3. The molecule has 2 aliphatic rings. The van der Waals surface area contributed by atoms with Gasteiger partial charge in [0.15, 0.2) is 0 Å². The van der Waals surface area contributed by atoms with Gasteiger partial charge in [0.05, 0.1) is 25.0 Å². The Labute approximate surface area is 119 Å². The standard InChI is InChI=1S/C14H24N2O4/c1-15-12-8-20-7-10(12)13(17)16-11-6-4-2-3-5-9(11)14(18)19/h9-12,15H,2-8H2,1H3,(H,16,17)(H,18,19). The molecule has 114 valence electrons. The highest BCUT2D eigenvalue weighted by atomic mass is 16.5. The van der Waals surface area contributed by atoms with E-state index in [2.05, 4.69) is 10.6 Å². The minimum atomic E-state index is -0.801. The summed E-state index contributed by atoms with van der Waals surface area (Å²) in [5.74, 6) is -1.57. The molecule has 1 aliphatic carbocycles. The SMILES string of the molecule is CNC1COCC1C(=O)NC1CCCCCC1C(=O)O. The van der Waals surface area contributed by atoms with E-state index in [1.807, 2.05) is 7.05 Å². The van der Waals surface area contributed by atoms with Crippen LogP contribution < -0.4 is 10.6 Å². The number of likely N-dealkylation sites (N-methyl/N-ethyl adjacent to an activating group) is 1. The van der Waals surface area contributed by atoms with Crippen LogP contribution in [-0.4, -0.2) is 49.3 Å². The summed E-state index contributed by atoms with van der Waals surface area (Å²) in [4.78, 5) is 23.7. The summed E-state index contributed by atoms with van der Waals surface area (Å²) < 4.78 is 5.33. The van der Waals surface area contributed by atoms with Gasteiger partial charge in [-0.2, -0.15) is 0 Å². The number of nitrogens with one attached hydrogen (secondary N) is 2. The number of carboxylic acids is 1. The van der Waals surface area contributed by atoms with Crippen LogP contribution in [-0.2, 0) is 14.3 Å². The van der Waals surface area contributed by atoms with E-state index in [4.69, 9.17) is 4.74 Å². The van der Waals surface area contributed by atoms with Gasteiger partial charge in [0.25, 0.3) is 0 Å². The van der Waals surface area contributed by atoms with Gasteiger partial charge in [-0.3, -0.25) is 9.59 Å². The van der Waals surface area contributed by atoms with E-state index in [9.17, 15) is 14.7 Å². The largest absolute Gasteiger partial charge is 0.481 e. The predicted molar refractivity (Wildman–Crippen MR) is 73.3 cm³/mol. The fraction of sp³-hybridized carbons (Fsp3) is 0.857. The lowest BCUT2D eigenvalue weighted by Gasteiger charge is -2.25. The van der Waals surface area contributed by atoms with Crippen molar-refractivity contribution in [2.24, 2.45) is 11.8 Å². The second-order valence-electron chi connectivity index (χ2n) is 5.74. The molecule has 0 aromatic rings. The summed E-state index contributed by atoms with van der Waals surface area (Å²) in [5.41, 5.74) is 0. The van der Waals surface area contributed by atoms with Crippen LogP contribution in [0.3, 0.4) is 0 Å².